The molecule has 2 amide bonds. The van der Waals surface area contributed by atoms with E-state index in [1.807, 2.05) is 0 Å². The number of carbonyl (C=O) groups is 1. The van der Waals surface area contributed by atoms with Gasteiger partial charge in [-0.2, -0.15) is 0 Å². The molecule has 23 heavy (non-hydrogen) atoms. The molecule has 0 aromatic heterocycles. The normalized spacial score (nSPS) is 13.3. The highest BCUT2D eigenvalue weighted by molar-refractivity contribution is 6.31. The third kappa shape index (κ3) is 4.43. The molecule has 2 aromatic carbocycles. The molecule has 0 bridgehead atoms. The molecule has 6 heteroatoms. The van der Waals surface area contributed by atoms with Crippen molar-refractivity contribution in [2.75, 3.05) is 5.32 Å². The van der Waals surface area contributed by atoms with Crippen LogP contribution in [0, 0.1) is 12.7 Å². The van der Waals surface area contributed by atoms with Gasteiger partial charge >= 0.3 is 6.03 Å². The Balaban J connectivity index is 1.99. The molecule has 3 N–H and O–H groups in total. The average molecular weight is 337 g/mol. The predicted molar refractivity (Wildman–Crippen MR) is 89.2 cm³/mol. The molecule has 0 aliphatic heterocycles. The summed E-state index contributed by atoms with van der Waals surface area (Å²) in [4.78, 5) is 12.0. The Bertz CT molecular complexity index is 691. The van der Waals surface area contributed by atoms with Crippen LogP contribution in [0.25, 0.3) is 0 Å². The summed E-state index contributed by atoms with van der Waals surface area (Å²) < 4.78 is 12.9. The van der Waals surface area contributed by atoms with E-state index in [4.69, 9.17) is 11.6 Å². The number of urea groups is 1. The van der Waals surface area contributed by atoms with Crippen LogP contribution < -0.4 is 10.6 Å². The van der Waals surface area contributed by atoms with E-state index in [1.54, 1.807) is 32.0 Å². The van der Waals surface area contributed by atoms with Crippen molar-refractivity contribution >= 4 is 23.3 Å². The monoisotopic (exact) mass is 336 g/mol. The summed E-state index contributed by atoms with van der Waals surface area (Å²) in [5.41, 5.74) is 1.88. The summed E-state index contributed by atoms with van der Waals surface area (Å²) >= 11 is 6.00. The van der Waals surface area contributed by atoms with Crippen molar-refractivity contribution in [1.29, 1.82) is 0 Å². The van der Waals surface area contributed by atoms with Gasteiger partial charge in [-0.05, 0) is 49.2 Å². The van der Waals surface area contributed by atoms with Crippen LogP contribution >= 0.6 is 11.6 Å². The molecule has 0 aliphatic rings. The third-order valence-corrected chi connectivity index (χ3v) is 3.97. The van der Waals surface area contributed by atoms with Crippen LogP contribution in [0.4, 0.5) is 14.9 Å². The average Bonchev–Trinajstić information content (AvgIpc) is 2.52. The van der Waals surface area contributed by atoms with Gasteiger partial charge in [-0.1, -0.05) is 29.8 Å². The first-order valence-electron chi connectivity index (χ1n) is 7.14. The van der Waals surface area contributed by atoms with Gasteiger partial charge in [0.15, 0.2) is 0 Å². The van der Waals surface area contributed by atoms with Crippen molar-refractivity contribution in [3.63, 3.8) is 0 Å². The van der Waals surface area contributed by atoms with Gasteiger partial charge < -0.3 is 15.7 Å². The molecule has 0 aliphatic carbocycles. The minimum atomic E-state index is -0.943. The maximum Gasteiger partial charge on any atom is 0.319 e. The smallest absolute Gasteiger partial charge is 0.319 e. The van der Waals surface area contributed by atoms with E-state index >= 15 is 0 Å². The first-order valence-corrected chi connectivity index (χ1v) is 7.52. The zero-order valence-electron chi connectivity index (χ0n) is 12.8. The van der Waals surface area contributed by atoms with Gasteiger partial charge in [0.2, 0.25) is 0 Å². The number of amides is 2. The molecule has 2 unspecified atom stereocenters. The molecule has 0 saturated carbocycles. The van der Waals surface area contributed by atoms with Gasteiger partial charge in [0, 0.05) is 10.7 Å². The van der Waals surface area contributed by atoms with Gasteiger partial charge in [0.25, 0.3) is 0 Å². The van der Waals surface area contributed by atoms with Crippen molar-refractivity contribution in [2.24, 2.45) is 0 Å². The fourth-order valence-corrected chi connectivity index (χ4v) is 2.31. The number of hydrogen-bond donors (Lipinski definition) is 3. The Morgan fingerprint density at radius 3 is 2.52 bits per heavy atom. The number of aliphatic hydroxyl groups excluding tert-OH is 1. The number of rotatable bonds is 4. The summed E-state index contributed by atoms with van der Waals surface area (Å²) in [6.45, 7) is 3.47. The summed E-state index contributed by atoms with van der Waals surface area (Å²) in [5, 5.41) is 16.1. The summed E-state index contributed by atoms with van der Waals surface area (Å²) in [6, 6.07) is 9.70. The highest BCUT2D eigenvalue weighted by Crippen LogP contribution is 2.23. The molecule has 0 radical (unpaired) electrons. The molecular formula is C17H18ClFN2O2. The van der Waals surface area contributed by atoms with Gasteiger partial charge in [-0.25, -0.2) is 9.18 Å². The Kier molecular flexibility index (Phi) is 5.58. The highest BCUT2D eigenvalue weighted by atomic mass is 35.5. The topological polar surface area (TPSA) is 61.4 Å². The second-order valence-corrected chi connectivity index (χ2v) is 5.70. The van der Waals surface area contributed by atoms with Crippen LogP contribution in [0.15, 0.2) is 42.5 Å². The molecular weight excluding hydrogens is 319 g/mol. The van der Waals surface area contributed by atoms with Crippen LogP contribution in [-0.4, -0.2) is 17.2 Å². The number of benzene rings is 2. The van der Waals surface area contributed by atoms with E-state index in [0.29, 0.717) is 16.3 Å². The lowest BCUT2D eigenvalue weighted by Crippen LogP contribution is -2.39. The fourth-order valence-electron chi connectivity index (χ4n) is 2.14. The first-order chi connectivity index (χ1) is 10.9. The largest absolute Gasteiger partial charge is 0.386 e. The minimum Gasteiger partial charge on any atom is -0.386 e. The van der Waals surface area contributed by atoms with Gasteiger partial charge in [0.1, 0.15) is 5.82 Å². The van der Waals surface area contributed by atoms with E-state index in [9.17, 15) is 14.3 Å². The van der Waals surface area contributed by atoms with Crippen molar-refractivity contribution in [2.45, 2.75) is 26.0 Å². The molecule has 4 nitrogen and oxygen atoms in total. The van der Waals surface area contributed by atoms with E-state index in [1.165, 1.54) is 24.3 Å². The number of carbonyl (C=O) groups excluding carboxylic acids is 1. The SMILES string of the molecule is Cc1c(Cl)cccc1NC(=O)NC(C)C(O)c1ccc(F)cc1. The van der Waals surface area contributed by atoms with E-state index in [0.717, 1.165) is 5.56 Å². The zero-order valence-corrected chi connectivity index (χ0v) is 13.6. The van der Waals surface area contributed by atoms with Crippen LogP contribution in [0.2, 0.25) is 5.02 Å². The summed E-state index contributed by atoms with van der Waals surface area (Å²) in [6.07, 6.45) is -0.943. The molecule has 2 aromatic rings. The van der Waals surface area contributed by atoms with E-state index in [2.05, 4.69) is 10.6 Å². The maximum absolute atomic E-state index is 12.9. The highest BCUT2D eigenvalue weighted by Gasteiger charge is 2.19. The van der Waals surface area contributed by atoms with Crippen LogP contribution in [-0.2, 0) is 0 Å². The van der Waals surface area contributed by atoms with E-state index < -0.39 is 18.2 Å². The van der Waals surface area contributed by atoms with Gasteiger partial charge in [-0.15, -0.1) is 0 Å². The van der Waals surface area contributed by atoms with Gasteiger partial charge in [-0.3, -0.25) is 0 Å². The summed E-state index contributed by atoms with van der Waals surface area (Å²) in [7, 11) is 0. The number of anilines is 1. The molecule has 2 atom stereocenters. The first kappa shape index (κ1) is 17.2. The Morgan fingerprint density at radius 1 is 1.22 bits per heavy atom. The summed E-state index contributed by atoms with van der Waals surface area (Å²) in [5.74, 6) is -0.379. The Labute approximate surface area is 139 Å². The van der Waals surface area contributed by atoms with Gasteiger partial charge in [0.05, 0.1) is 12.1 Å². The van der Waals surface area contributed by atoms with Crippen LogP contribution in [0.3, 0.4) is 0 Å². The number of aliphatic hydroxyl groups is 1. The minimum absolute atomic E-state index is 0.379. The zero-order chi connectivity index (χ0) is 17.0. The lowest BCUT2D eigenvalue weighted by atomic mass is 10.0. The second-order valence-electron chi connectivity index (χ2n) is 5.30. The third-order valence-electron chi connectivity index (χ3n) is 3.56. The van der Waals surface area contributed by atoms with Crippen molar-refractivity contribution < 1.29 is 14.3 Å². The number of halogens is 2. The number of hydrogen-bond acceptors (Lipinski definition) is 2. The van der Waals surface area contributed by atoms with Crippen LogP contribution in [0.1, 0.15) is 24.2 Å². The maximum atomic E-state index is 12.9. The molecule has 0 spiro atoms. The van der Waals surface area contributed by atoms with E-state index in [-0.39, 0.29) is 5.82 Å². The predicted octanol–water partition coefficient (Wildman–Crippen LogP) is 4.03. The molecule has 0 fully saturated rings. The van der Waals surface area contributed by atoms with Crippen LogP contribution in [0.5, 0.6) is 0 Å². The quantitative estimate of drug-likeness (QED) is 0.789. The fraction of sp³-hybridized carbons (Fsp3) is 0.235. The lowest BCUT2D eigenvalue weighted by molar-refractivity contribution is 0.139. The molecule has 0 heterocycles. The lowest BCUT2D eigenvalue weighted by Gasteiger charge is -2.21. The number of nitrogens with one attached hydrogen (secondary N) is 2. The van der Waals surface area contributed by atoms with Crippen molar-refractivity contribution in [3.05, 3.63) is 64.4 Å². The van der Waals surface area contributed by atoms with Crippen molar-refractivity contribution in [1.82, 2.24) is 5.32 Å². The molecule has 2 rings (SSSR count). The Morgan fingerprint density at radius 2 is 1.87 bits per heavy atom. The standard InChI is InChI=1S/C17H18ClFN2O2/c1-10-14(18)4-3-5-15(10)21-17(23)20-11(2)16(22)12-6-8-13(19)9-7-12/h3-9,11,16,22H,1-2H3,(H2,20,21,23). The Hall–Kier alpha value is -2.11. The second kappa shape index (κ2) is 7.44. The molecule has 122 valence electrons. The van der Waals surface area contributed by atoms with Crippen molar-refractivity contribution in [3.8, 4) is 0 Å². The molecule has 0 saturated heterocycles.